The number of rotatable bonds is 2. The van der Waals surface area contributed by atoms with Crippen molar-refractivity contribution in [1.29, 1.82) is 0 Å². The Balaban J connectivity index is 2.98. The maximum Gasteiger partial charge on any atom is 0.298 e. The predicted molar refractivity (Wildman–Crippen MR) is 36.5 cm³/mol. The summed E-state index contributed by atoms with van der Waals surface area (Å²) in [6, 6.07) is 3.68. The third-order valence-electron chi connectivity index (χ3n) is 1.12. The summed E-state index contributed by atoms with van der Waals surface area (Å²) in [6.45, 7) is 0.200. The molecule has 0 amide bonds. The number of aromatic hydroxyl groups is 2. The Morgan fingerprint density at radius 1 is 1.36 bits per heavy atom. The number of phenols is 2. The van der Waals surface area contributed by atoms with Gasteiger partial charge in [-0.2, -0.15) is 0 Å². The minimum Gasteiger partial charge on any atom is -0.508 e. The molecule has 11 heavy (non-hydrogen) atoms. The Hall–Kier alpha value is -1.71. The lowest BCUT2D eigenvalue weighted by atomic mass is 10.3. The van der Waals surface area contributed by atoms with Crippen molar-refractivity contribution in [3.8, 4) is 17.2 Å². The first-order valence-corrected chi connectivity index (χ1v) is 2.86. The van der Waals surface area contributed by atoms with E-state index in [4.69, 9.17) is 10.2 Å². The number of hydrogen-bond acceptors (Lipinski definition) is 4. The van der Waals surface area contributed by atoms with Crippen molar-refractivity contribution in [3.05, 3.63) is 18.2 Å². The van der Waals surface area contributed by atoms with E-state index in [1.54, 1.807) is 0 Å². The van der Waals surface area contributed by atoms with Crippen molar-refractivity contribution in [2.75, 3.05) is 0 Å². The predicted octanol–water partition coefficient (Wildman–Crippen LogP) is 0.633. The van der Waals surface area contributed by atoms with Gasteiger partial charge in [0.15, 0.2) is 11.5 Å². The first kappa shape index (κ1) is 7.40. The minimum atomic E-state index is -0.267. The minimum absolute atomic E-state index is 0.0257. The van der Waals surface area contributed by atoms with Gasteiger partial charge in [-0.05, 0) is 12.1 Å². The molecule has 4 heteroatoms. The van der Waals surface area contributed by atoms with Gasteiger partial charge in [0, 0.05) is 6.07 Å². The van der Waals surface area contributed by atoms with Crippen LogP contribution in [0, 0.1) is 0 Å². The summed E-state index contributed by atoms with van der Waals surface area (Å²) in [5.74, 6) is -0.323. The molecule has 0 radical (unpaired) electrons. The Morgan fingerprint density at radius 2 is 2.09 bits per heavy atom. The zero-order valence-electron chi connectivity index (χ0n) is 5.52. The molecule has 0 fully saturated rings. The van der Waals surface area contributed by atoms with E-state index in [1.807, 2.05) is 0 Å². The van der Waals surface area contributed by atoms with Crippen LogP contribution in [0.2, 0.25) is 0 Å². The van der Waals surface area contributed by atoms with Gasteiger partial charge in [-0.1, -0.05) is 0 Å². The molecule has 1 aromatic carbocycles. The fourth-order valence-corrected chi connectivity index (χ4v) is 0.657. The molecule has 2 N–H and O–H groups in total. The lowest BCUT2D eigenvalue weighted by Gasteiger charge is -2.00. The summed E-state index contributed by atoms with van der Waals surface area (Å²) in [5, 5.41) is 17.8. The standard InChI is InChI=1S/C7H6O4/c8-4-11-7-2-1-5(9)3-6(7)10/h1-4,9-10H. The van der Waals surface area contributed by atoms with E-state index in [0.717, 1.165) is 6.07 Å². The van der Waals surface area contributed by atoms with Crippen molar-refractivity contribution in [3.63, 3.8) is 0 Å². The fourth-order valence-electron chi connectivity index (χ4n) is 0.657. The number of carbonyl (C=O) groups excluding carboxylic acids is 1. The van der Waals surface area contributed by atoms with Gasteiger partial charge in [0.05, 0.1) is 0 Å². The van der Waals surface area contributed by atoms with Crippen LogP contribution in [-0.4, -0.2) is 16.7 Å². The highest BCUT2D eigenvalue weighted by molar-refractivity contribution is 5.52. The molecule has 58 valence electrons. The van der Waals surface area contributed by atoms with E-state index in [-0.39, 0.29) is 23.7 Å². The van der Waals surface area contributed by atoms with Crippen molar-refractivity contribution in [2.24, 2.45) is 0 Å². The molecule has 1 rings (SSSR count). The molecule has 0 saturated heterocycles. The molecular formula is C7H6O4. The van der Waals surface area contributed by atoms with E-state index in [2.05, 4.69) is 4.74 Å². The van der Waals surface area contributed by atoms with Gasteiger partial charge in [-0.15, -0.1) is 0 Å². The van der Waals surface area contributed by atoms with E-state index < -0.39 is 0 Å². The van der Waals surface area contributed by atoms with Crippen molar-refractivity contribution >= 4 is 6.47 Å². The van der Waals surface area contributed by atoms with E-state index in [0.29, 0.717) is 0 Å². The lowest BCUT2D eigenvalue weighted by Crippen LogP contribution is -1.87. The van der Waals surface area contributed by atoms with Crippen LogP contribution in [0.25, 0.3) is 0 Å². The molecule has 4 nitrogen and oxygen atoms in total. The molecule has 0 aliphatic heterocycles. The van der Waals surface area contributed by atoms with Crippen LogP contribution in [0.15, 0.2) is 18.2 Å². The van der Waals surface area contributed by atoms with E-state index in [1.165, 1.54) is 12.1 Å². The molecule has 0 aromatic heterocycles. The molecule has 0 saturated carbocycles. The van der Waals surface area contributed by atoms with Crippen LogP contribution in [0.5, 0.6) is 17.2 Å². The quantitative estimate of drug-likeness (QED) is 0.613. The number of ether oxygens (including phenoxy) is 1. The lowest BCUT2D eigenvalue weighted by molar-refractivity contribution is -0.120. The molecule has 0 aliphatic rings. The second kappa shape index (κ2) is 2.92. The van der Waals surface area contributed by atoms with E-state index in [9.17, 15) is 4.79 Å². The SMILES string of the molecule is O=COc1ccc(O)cc1O. The third-order valence-corrected chi connectivity index (χ3v) is 1.12. The van der Waals surface area contributed by atoms with Crippen LogP contribution in [0.3, 0.4) is 0 Å². The highest BCUT2D eigenvalue weighted by atomic mass is 16.5. The van der Waals surface area contributed by atoms with Gasteiger partial charge in [0.1, 0.15) is 5.75 Å². The average Bonchev–Trinajstić information content (AvgIpc) is 1.95. The molecule has 1 aromatic rings. The molecule has 0 spiro atoms. The Labute approximate surface area is 62.7 Å². The van der Waals surface area contributed by atoms with Crippen molar-refractivity contribution < 1.29 is 19.7 Å². The second-order valence-corrected chi connectivity index (χ2v) is 1.87. The molecule has 0 aliphatic carbocycles. The van der Waals surface area contributed by atoms with Crippen molar-refractivity contribution in [2.45, 2.75) is 0 Å². The van der Waals surface area contributed by atoms with Gasteiger partial charge >= 0.3 is 0 Å². The number of hydrogen-bond donors (Lipinski definition) is 2. The summed E-state index contributed by atoms with van der Waals surface area (Å²) in [7, 11) is 0. The normalized spacial score (nSPS) is 9.09. The fraction of sp³-hybridized carbons (Fsp3) is 0. The number of benzene rings is 1. The Bertz CT molecular complexity index is 269. The van der Waals surface area contributed by atoms with E-state index >= 15 is 0 Å². The average molecular weight is 154 g/mol. The molecule has 0 atom stereocenters. The summed E-state index contributed by atoms with van der Waals surface area (Å²) in [4.78, 5) is 9.82. The monoisotopic (exact) mass is 154 g/mol. The first-order valence-electron chi connectivity index (χ1n) is 2.86. The van der Waals surface area contributed by atoms with Crippen LogP contribution >= 0.6 is 0 Å². The topological polar surface area (TPSA) is 66.8 Å². The summed E-state index contributed by atoms with van der Waals surface area (Å²) >= 11 is 0. The number of phenolic OH excluding ortho intramolecular Hbond substituents is 2. The zero-order chi connectivity index (χ0) is 8.27. The highest BCUT2D eigenvalue weighted by Crippen LogP contribution is 2.28. The summed E-state index contributed by atoms with van der Waals surface area (Å²) in [5.41, 5.74) is 0. The van der Waals surface area contributed by atoms with Crippen LogP contribution in [0.1, 0.15) is 0 Å². The van der Waals surface area contributed by atoms with Gasteiger partial charge in [-0.3, -0.25) is 4.79 Å². The smallest absolute Gasteiger partial charge is 0.298 e. The zero-order valence-corrected chi connectivity index (χ0v) is 5.52. The Kier molecular flexibility index (Phi) is 1.96. The Morgan fingerprint density at radius 3 is 2.64 bits per heavy atom. The van der Waals surface area contributed by atoms with Crippen molar-refractivity contribution in [1.82, 2.24) is 0 Å². The van der Waals surface area contributed by atoms with Crippen LogP contribution < -0.4 is 4.74 Å². The summed E-state index contributed by atoms with van der Waals surface area (Å²) < 4.78 is 4.35. The third kappa shape index (κ3) is 1.61. The maximum atomic E-state index is 9.82. The molecular weight excluding hydrogens is 148 g/mol. The van der Waals surface area contributed by atoms with Gasteiger partial charge in [0.2, 0.25) is 0 Å². The first-order chi connectivity index (χ1) is 5.24. The van der Waals surface area contributed by atoms with Crippen LogP contribution in [0.4, 0.5) is 0 Å². The van der Waals surface area contributed by atoms with Gasteiger partial charge in [-0.25, -0.2) is 0 Å². The molecule has 0 unspecified atom stereocenters. The summed E-state index contributed by atoms with van der Waals surface area (Å²) in [6.07, 6.45) is 0. The van der Waals surface area contributed by atoms with Crippen LogP contribution in [-0.2, 0) is 4.79 Å². The largest absolute Gasteiger partial charge is 0.508 e. The maximum absolute atomic E-state index is 9.82. The number of carbonyl (C=O) groups is 1. The second-order valence-electron chi connectivity index (χ2n) is 1.87. The highest BCUT2D eigenvalue weighted by Gasteiger charge is 2.01. The molecule has 0 bridgehead atoms. The van der Waals surface area contributed by atoms with Gasteiger partial charge in [0.25, 0.3) is 6.47 Å². The molecule has 0 heterocycles. The van der Waals surface area contributed by atoms with Gasteiger partial charge < -0.3 is 14.9 Å².